The van der Waals surface area contributed by atoms with Gasteiger partial charge in [-0.25, -0.2) is 5.43 Å². The summed E-state index contributed by atoms with van der Waals surface area (Å²) in [5, 5.41) is 7.14. The number of nitrogens with zero attached hydrogens (tertiary/aromatic N) is 1. The molecule has 1 aromatic heterocycles. The molecule has 2 N–H and O–H groups in total. The Bertz CT molecular complexity index is 1200. The molecule has 0 atom stereocenters. The van der Waals surface area contributed by atoms with Gasteiger partial charge in [0.25, 0.3) is 5.91 Å². The van der Waals surface area contributed by atoms with E-state index in [9.17, 15) is 4.79 Å². The Balaban J connectivity index is 1.39. The Labute approximate surface area is 178 Å². The molecule has 0 aliphatic rings. The lowest BCUT2D eigenvalue weighted by Crippen LogP contribution is -2.24. The number of hydrogen-bond acceptors (Lipinski definition) is 3. The lowest BCUT2D eigenvalue weighted by Gasteiger charge is -2.10. The van der Waals surface area contributed by atoms with Gasteiger partial charge in [0.05, 0.1) is 10.7 Å². The van der Waals surface area contributed by atoms with Gasteiger partial charge in [-0.05, 0) is 51.0 Å². The summed E-state index contributed by atoms with van der Waals surface area (Å²) in [6, 6.07) is 17.7. The lowest BCUT2D eigenvalue weighted by molar-refractivity contribution is -0.123. The first kappa shape index (κ1) is 18.7. The predicted molar refractivity (Wildman–Crippen MR) is 119 cm³/mol. The number of carbonyl (C=O) groups excluding carboxylic acids is 1. The van der Waals surface area contributed by atoms with Gasteiger partial charge in [-0.15, -0.1) is 0 Å². The van der Waals surface area contributed by atoms with Crippen LogP contribution < -0.4 is 10.2 Å². The third-order valence-electron chi connectivity index (χ3n) is 4.25. The predicted octanol–water partition coefficient (Wildman–Crippen LogP) is 5.38. The van der Waals surface area contributed by atoms with E-state index < -0.39 is 0 Å². The molecule has 0 saturated heterocycles. The number of aromatic nitrogens is 1. The van der Waals surface area contributed by atoms with Crippen molar-refractivity contribution in [1.82, 2.24) is 10.4 Å². The van der Waals surface area contributed by atoms with Crippen molar-refractivity contribution in [3.8, 4) is 5.75 Å². The molecule has 7 heteroatoms. The number of carbonyl (C=O) groups is 1. The van der Waals surface area contributed by atoms with E-state index >= 15 is 0 Å². The van der Waals surface area contributed by atoms with E-state index in [0.717, 1.165) is 36.2 Å². The molecular weight excluding hydrogens is 486 g/mol. The maximum absolute atomic E-state index is 12.0. The lowest BCUT2D eigenvalue weighted by atomic mass is 10.1. The molecule has 0 aliphatic heterocycles. The molecule has 0 unspecified atom stereocenters. The maximum atomic E-state index is 12.0. The minimum Gasteiger partial charge on any atom is -0.483 e. The highest BCUT2D eigenvalue weighted by Gasteiger charge is 2.09. The zero-order chi connectivity index (χ0) is 19.5. The van der Waals surface area contributed by atoms with Crippen molar-refractivity contribution in [2.75, 3.05) is 6.61 Å². The molecule has 0 fully saturated rings. The number of hydrogen-bond donors (Lipinski definition) is 2. The van der Waals surface area contributed by atoms with Crippen LogP contribution in [-0.4, -0.2) is 23.7 Å². The molecule has 0 spiro atoms. The number of fused-ring (bicyclic) bond motifs is 2. The molecule has 0 radical (unpaired) electrons. The highest BCUT2D eigenvalue weighted by atomic mass is 79.9. The summed E-state index contributed by atoms with van der Waals surface area (Å²) in [6.45, 7) is -0.133. The molecule has 0 aliphatic carbocycles. The summed E-state index contributed by atoms with van der Waals surface area (Å²) in [7, 11) is 0. The number of aromatic amines is 1. The minimum absolute atomic E-state index is 0.133. The second kappa shape index (κ2) is 8.16. The van der Waals surface area contributed by atoms with Crippen LogP contribution in [0.5, 0.6) is 5.75 Å². The van der Waals surface area contributed by atoms with Gasteiger partial charge in [0.1, 0.15) is 5.75 Å². The van der Waals surface area contributed by atoms with Crippen LogP contribution in [-0.2, 0) is 4.79 Å². The van der Waals surface area contributed by atoms with Gasteiger partial charge in [0.15, 0.2) is 6.61 Å². The summed E-state index contributed by atoms with van der Waals surface area (Å²) >= 11 is 7.02. The van der Waals surface area contributed by atoms with Crippen molar-refractivity contribution in [2.45, 2.75) is 0 Å². The van der Waals surface area contributed by atoms with Crippen molar-refractivity contribution in [2.24, 2.45) is 5.10 Å². The Morgan fingerprint density at radius 1 is 1.11 bits per heavy atom. The van der Waals surface area contributed by atoms with Crippen LogP contribution in [0.3, 0.4) is 0 Å². The number of nitrogens with one attached hydrogen (secondary N) is 2. The normalized spacial score (nSPS) is 11.4. The molecule has 1 amide bonds. The van der Waals surface area contributed by atoms with Crippen molar-refractivity contribution in [1.29, 1.82) is 0 Å². The fourth-order valence-electron chi connectivity index (χ4n) is 2.90. The van der Waals surface area contributed by atoms with E-state index in [1.807, 2.05) is 60.8 Å². The third-order valence-corrected chi connectivity index (χ3v) is 5.56. The molecule has 5 nitrogen and oxygen atoms in total. The zero-order valence-corrected chi connectivity index (χ0v) is 17.7. The molecular formula is C21H15Br2N3O2. The zero-order valence-electron chi connectivity index (χ0n) is 14.6. The van der Waals surface area contributed by atoms with E-state index in [2.05, 4.69) is 47.4 Å². The topological polar surface area (TPSA) is 66.5 Å². The number of hydrazone groups is 1. The van der Waals surface area contributed by atoms with Crippen molar-refractivity contribution in [3.05, 3.63) is 75.3 Å². The minimum atomic E-state index is -0.334. The number of amides is 1. The summed E-state index contributed by atoms with van der Waals surface area (Å²) in [5.41, 5.74) is 4.41. The second-order valence-electron chi connectivity index (χ2n) is 6.11. The molecule has 4 aromatic rings. The largest absolute Gasteiger partial charge is 0.483 e. The fraction of sp³-hybridized carbons (Fsp3) is 0.0476. The van der Waals surface area contributed by atoms with E-state index in [0.29, 0.717) is 5.75 Å². The van der Waals surface area contributed by atoms with Crippen LogP contribution in [0.4, 0.5) is 0 Å². The molecule has 4 rings (SSSR count). The van der Waals surface area contributed by atoms with Crippen molar-refractivity contribution < 1.29 is 9.53 Å². The summed E-state index contributed by atoms with van der Waals surface area (Å²) < 4.78 is 7.46. The number of benzene rings is 3. The van der Waals surface area contributed by atoms with Crippen molar-refractivity contribution in [3.63, 3.8) is 0 Å². The van der Waals surface area contributed by atoms with Gasteiger partial charge in [-0.1, -0.05) is 46.3 Å². The Morgan fingerprint density at radius 3 is 2.86 bits per heavy atom. The van der Waals surface area contributed by atoms with Gasteiger partial charge in [0, 0.05) is 27.1 Å². The van der Waals surface area contributed by atoms with Crippen LogP contribution >= 0.6 is 31.9 Å². The number of halogens is 2. The molecule has 3 aromatic carbocycles. The Kier molecular flexibility index (Phi) is 5.45. The van der Waals surface area contributed by atoms with Crippen molar-refractivity contribution >= 4 is 65.7 Å². The monoisotopic (exact) mass is 499 g/mol. The average Bonchev–Trinajstić information content (AvgIpc) is 3.11. The van der Waals surface area contributed by atoms with Crippen LogP contribution in [0, 0.1) is 0 Å². The van der Waals surface area contributed by atoms with E-state index in [1.54, 1.807) is 6.21 Å². The standard InChI is InChI=1S/C21H15Br2N3O2/c22-15-6-7-17-13(9-15)5-8-19(21(17)23)28-12-20(27)26-25-11-14-10-24-18-4-2-1-3-16(14)18/h1-11,24H,12H2,(H,26,27). The highest BCUT2D eigenvalue weighted by molar-refractivity contribution is 9.11. The Morgan fingerprint density at radius 2 is 1.96 bits per heavy atom. The van der Waals surface area contributed by atoms with Gasteiger partial charge < -0.3 is 9.72 Å². The van der Waals surface area contributed by atoms with Gasteiger partial charge in [0.2, 0.25) is 0 Å². The number of rotatable bonds is 5. The van der Waals surface area contributed by atoms with Crippen LogP contribution in [0.2, 0.25) is 0 Å². The van der Waals surface area contributed by atoms with E-state index in [4.69, 9.17) is 4.74 Å². The Hall–Kier alpha value is -2.64. The molecule has 1 heterocycles. The molecule has 140 valence electrons. The number of para-hydroxylation sites is 1. The molecule has 28 heavy (non-hydrogen) atoms. The first-order valence-electron chi connectivity index (χ1n) is 8.50. The summed E-state index contributed by atoms with van der Waals surface area (Å²) in [5.74, 6) is 0.268. The molecule has 0 bridgehead atoms. The average molecular weight is 501 g/mol. The second-order valence-corrected chi connectivity index (χ2v) is 7.82. The van der Waals surface area contributed by atoms with Crippen LogP contribution in [0.15, 0.2) is 74.8 Å². The molecule has 0 saturated carbocycles. The first-order valence-corrected chi connectivity index (χ1v) is 10.1. The van der Waals surface area contributed by atoms with Gasteiger partial charge in [-0.2, -0.15) is 5.10 Å². The van der Waals surface area contributed by atoms with Gasteiger partial charge >= 0.3 is 0 Å². The van der Waals surface area contributed by atoms with E-state index in [1.165, 1.54) is 0 Å². The van der Waals surface area contributed by atoms with Gasteiger partial charge in [-0.3, -0.25) is 4.79 Å². The number of H-pyrrole nitrogens is 1. The smallest absolute Gasteiger partial charge is 0.277 e. The fourth-order valence-corrected chi connectivity index (χ4v) is 3.89. The number of ether oxygens (including phenoxy) is 1. The maximum Gasteiger partial charge on any atom is 0.277 e. The quantitative estimate of drug-likeness (QED) is 0.285. The third kappa shape index (κ3) is 3.95. The first-order chi connectivity index (χ1) is 13.6. The summed E-state index contributed by atoms with van der Waals surface area (Å²) in [6.07, 6.45) is 3.46. The summed E-state index contributed by atoms with van der Waals surface area (Å²) in [4.78, 5) is 15.2. The van der Waals surface area contributed by atoms with Crippen LogP contribution in [0.1, 0.15) is 5.56 Å². The highest BCUT2D eigenvalue weighted by Crippen LogP contribution is 2.34. The van der Waals surface area contributed by atoms with E-state index in [-0.39, 0.29) is 12.5 Å². The SMILES string of the molecule is O=C(COc1ccc2cc(Br)ccc2c1Br)NN=Cc1c[nH]c2ccccc12. The van der Waals surface area contributed by atoms with Crippen LogP contribution in [0.25, 0.3) is 21.7 Å².